The summed E-state index contributed by atoms with van der Waals surface area (Å²) >= 11 is 0. The predicted octanol–water partition coefficient (Wildman–Crippen LogP) is 3.40. The minimum Gasteiger partial charge on any atom is -0.342 e. The third-order valence-electron chi connectivity index (χ3n) is 3.23. The molecule has 0 aliphatic rings. The number of nitrogens with two attached hydrogens (primary N) is 1. The summed E-state index contributed by atoms with van der Waals surface area (Å²) in [6.45, 7) is 2.57. The fraction of sp³-hybridized carbons (Fsp3) is 0.250. The maximum absolute atomic E-state index is 14.1. The topological polar surface area (TPSA) is 29.3 Å². The second-order valence-electron chi connectivity index (χ2n) is 4.72. The van der Waals surface area contributed by atoms with E-state index in [1.165, 1.54) is 5.56 Å². The Labute approximate surface area is 113 Å². The number of hydrogen-bond acceptors (Lipinski definition) is 2. The Bertz CT molecular complexity index is 549. The number of anilines is 2. The lowest BCUT2D eigenvalue weighted by atomic mass is 10.1. The van der Waals surface area contributed by atoms with Gasteiger partial charge in [0.05, 0.1) is 5.69 Å². The third-order valence-corrected chi connectivity index (χ3v) is 3.23. The van der Waals surface area contributed by atoms with Crippen LogP contribution in [0, 0.1) is 12.7 Å². The van der Waals surface area contributed by atoms with Crippen LogP contribution in [0.1, 0.15) is 11.1 Å². The van der Waals surface area contributed by atoms with Crippen LogP contribution in [0.4, 0.5) is 15.8 Å². The van der Waals surface area contributed by atoms with Crippen molar-refractivity contribution in [2.24, 2.45) is 5.73 Å². The molecule has 2 rings (SSSR count). The molecule has 0 spiro atoms. The molecule has 0 bridgehead atoms. The summed E-state index contributed by atoms with van der Waals surface area (Å²) in [5.41, 5.74) is 9.15. The molecule has 19 heavy (non-hydrogen) atoms. The Morgan fingerprint density at radius 2 is 1.79 bits per heavy atom. The summed E-state index contributed by atoms with van der Waals surface area (Å²) in [6.07, 6.45) is 0.700. The quantitative estimate of drug-likeness (QED) is 0.910. The van der Waals surface area contributed by atoms with E-state index in [-0.39, 0.29) is 5.82 Å². The van der Waals surface area contributed by atoms with Crippen LogP contribution in [0.25, 0.3) is 0 Å². The second-order valence-corrected chi connectivity index (χ2v) is 4.72. The molecule has 0 aliphatic heterocycles. The zero-order valence-corrected chi connectivity index (χ0v) is 11.4. The lowest BCUT2D eigenvalue weighted by Crippen LogP contribution is -2.12. The van der Waals surface area contributed by atoms with Crippen molar-refractivity contribution in [3.8, 4) is 0 Å². The molecule has 2 N–H and O–H groups in total. The maximum Gasteiger partial charge on any atom is 0.147 e. The fourth-order valence-electron chi connectivity index (χ4n) is 2.05. The van der Waals surface area contributed by atoms with E-state index in [2.05, 4.69) is 0 Å². The van der Waals surface area contributed by atoms with Crippen LogP contribution in [-0.2, 0) is 6.42 Å². The van der Waals surface area contributed by atoms with Gasteiger partial charge in [0.1, 0.15) is 5.82 Å². The Morgan fingerprint density at radius 1 is 1.11 bits per heavy atom. The highest BCUT2D eigenvalue weighted by Gasteiger charge is 2.09. The van der Waals surface area contributed by atoms with Gasteiger partial charge in [-0.05, 0) is 49.7 Å². The monoisotopic (exact) mass is 258 g/mol. The summed E-state index contributed by atoms with van der Waals surface area (Å²) in [5.74, 6) is -0.214. The van der Waals surface area contributed by atoms with E-state index in [1.807, 2.05) is 49.2 Å². The highest BCUT2D eigenvalue weighted by Crippen LogP contribution is 2.27. The zero-order valence-electron chi connectivity index (χ0n) is 11.4. The summed E-state index contributed by atoms with van der Waals surface area (Å²) in [7, 11) is 1.87. The number of benzene rings is 2. The van der Waals surface area contributed by atoms with Crippen molar-refractivity contribution in [3.63, 3.8) is 0 Å². The maximum atomic E-state index is 14.1. The molecule has 0 fully saturated rings. The number of rotatable bonds is 4. The standard InChI is InChI=1S/C16H19FN2/c1-12-3-6-14(7-4-12)19(2)16-8-5-13(9-10-18)11-15(16)17/h3-8,11H,9-10,18H2,1-2H3. The van der Waals surface area contributed by atoms with E-state index in [9.17, 15) is 4.39 Å². The molecular weight excluding hydrogens is 239 g/mol. The lowest BCUT2D eigenvalue weighted by Gasteiger charge is -2.20. The highest BCUT2D eigenvalue weighted by molar-refractivity contribution is 5.63. The van der Waals surface area contributed by atoms with Gasteiger partial charge >= 0.3 is 0 Å². The van der Waals surface area contributed by atoms with Crippen LogP contribution in [0.15, 0.2) is 42.5 Å². The molecule has 100 valence electrons. The van der Waals surface area contributed by atoms with Gasteiger partial charge in [-0.15, -0.1) is 0 Å². The summed E-state index contributed by atoms with van der Waals surface area (Å²) in [6, 6.07) is 13.3. The van der Waals surface area contributed by atoms with Crippen LogP contribution in [0.2, 0.25) is 0 Å². The van der Waals surface area contributed by atoms with Gasteiger partial charge in [-0.3, -0.25) is 0 Å². The second kappa shape index (κ2) is 5.85. The van der Waals surface area contributed by atoms with E-state index < -0.39 is 0 Å². The van der Waals surface area contributed by atoms with Gasteiger partial charge in [-0.2, -0.15) is 0 Å². The van der Waals surface area contributed by atoms with E-state index in [4.69, 9.17) is 5.73 Å². The molecule has 0 saturated carbocycles. The minimum atomic E-state index is -0.214. The van der Waals surface area contributed by atoms with Crippen molar-refractivity contribution in [1.82, 2.24) is 0 Å². The van der Waals surface area contributed by atoms with Crippen molar-refractivity contribution in [3.05, 3.63) is 59.4 Å². The first-order valence-electron chi connectivity index (χ1n) is 6.40. The largest absolute Gasteiger partial charge is 0.342 e. The number of halogens is 1. The number of hydrogen-bond donors (Lipinski definition) is 1. The molecule has 2 aromatic rings. The minimum absolute atomic E-state index is 0.214. The molecule has 0 amide bonds. The van der Waals surface area contributed by atoms with E-state index in [1.54, 1.807) is 12.1 Å². The van der Waals surface area contributed by atoms with Gasteiger partial charge in [0.15, 0.2) is 0 Å². The van der Waals surface area contributed by atoms with Gasteiger partial charge in [-0.1, -0.05) is 23.8 Å². The van der Waals surface area contributed by atoms with Crippen molar-refractivity contribution in [2.75, 3.05) is 18.5 Å². The molecule has 0 unspecified atom stereocenters. The lowest BCUT2D eigenvalue weighted by molar-refractivity contribution is 0.625. The number of aryl methyl sites for hydroxylation is 1. The Balaban J connectivity index is 2.28. The fourth-order valence-corrected chi connectivity index (χ4v) is 2.05. The van der Waals surface area contributed by atoms with Gasteiger partial charge in [0, 0.05) is 12.7 Å². The zero-order chi connectivity index (χ0) is 13.8. The SMILES string of the molecule is Cc1ccc(N(C)c2ccc(CCN)cc2F)cc1. The van der Waals surface area contributed by atoms with Crippen LogP contribution in [0.5, 0.6) is 0 Å². The average Bonchev–Trinajstić information content (AvgIpc) is 2.39. The van der Waals surface area contributed by atoms with Gasteiger partial charge in [0.2, 0.25) is 0 Å². The molecule has 0 aromatic heterocycles. The predicted molar refractivity (Wildman–Crippen MR) is 78.4 cm³/mol. The molecule has 0 atom stereocenters. The molecule has 3 heteroatoms. The van der Waals surface area contributed by atoms with Crippen molar-refractivity contribution in [1.29, 1.82) is 0 Å². The molecule has 2 aromatic carbocycles. The van der Waals surface area contributed by atoms with Crippen LogP contribution < -0.4 is 10.6 Å². The van der Waals surface area contributed by atoms with E-state index in [0.29, 0.717) is 18.7 Å². The summed E-state index contributed by atoms with van der Waals surface area (Å²) in [4.78, 5) is 1.85. The smallest absolute Gasteiger partial charge is 0.147 e. The van der Waals surface area contributed by atoms with Crippen LogP contribution >= 0.6 is 0 Å². The van der Waals surface area contributed by atoms with E-state index in [0.717, 1.165) is 11.3 Å². The van der Waals surface area contributed by atoms with Gasteiger partial charge in [-0.25, -0.2) is 4.39 Å². The molecule has 2 nitrogen and oxygen atoms in total. The Morgan fingerprint density at radius 3 is 2.37 bits per heavy atom. The average molecular weight is 258 g/mol. The molecule has 0 saturated heterocycles. The molecule has 0 aliphatic carbocycles. The first-order chi connectivity index (χ1) is 9.11. The van der Waals surface area contributed by atoms with Gasteiger partial charge < -0.3 is 10.6 Å². The first kappa shape index (κ1) is 13.6. The third kappa shape index (κ3) is 3.12. The van der Waals surface area contributed by atoms with Crippen LogP contribution in [0.3, 0.4) is 0 Å². The normalized spacial score (nSPS) is 10.5. The van der Waals surface area contributed by atoms with E-state index >= 15 is 0 Å². The Hall–Kier alpha value is -1.87. The van der Waals surface area contributed by atoms with Crippen molar-refractivity contribution >= 4 is 11.4 Å². The number of nitrogens with zero attached hydrogens (tertiary/aromatic N) is 1. The molecular formula is C16H19FN2. The van der Waals surface area contributed by atoms with Crippen molar-refractivity contribution < 1.29 is 4.39 Å². The molecule has 0 radical (unpaired) electrons. The highest BCUT2D eigenvalue weighted by atomic mass is 19.1. The first-order valence-corrected chi connectivity index (χ1v) is 6.40. The van der Waals surface area contributed by atoms with Crippen LogP contribution in [-0.4, -0.2) is 13.6 Å². The van der Waals surface area contributed by atoms with Gasteiger partial charge in [0.25, 0.3) is 0 Å². The van der Waals surface area contributed by atoms with Crippen molar-refractivity contribution in [2.45, 2.75) is 13.3 Å². The Kier molecular flexibility index (Phi) is 4.17. The summed E-state index contributed by atoms with van der Waals surface area (Å²) < 4.78 is 14.1. The molecule has 0 heterocycles. The summed E-state index contributed by atoms with van der Waals surface area (Å²) in [5, 5.41) is 0.